The summed E-state index contributed by atoms with van der Waals surface area (Å²) in [6, 6.07) is 6.24. The van der Waals surface area contributed by atoms with Gasteiger partial charge in [-0.3, -0.25) is 4.79 Å². The van der Waals surface area contributed by atoms with Crippen LogP contribution in [0.1, 0.15) is 32.3 Å². The zero-order valence-corrected chi connectivity index (χ0v) is 11.4. The second-order valence-corrected chi connectivity index (χ2v) is 5.51. The maximum absolute atomic E-state index is 12.9. The summed E-state index contributed by atoms with van der Waals surface area (Å²) < 4.78 is 18.2. The maximum Gasteiger partial charge on any atom is 0.223 e. The van der Waals surface area contributed by atoms with Crippen molar-refractivity contribution in [2.75, 3.05) is 13.2 Å². The first-order chi connectivity index (χ1) is 8.99. The highest BCUT2D eigenvalue weighted by molar-refractivity contribution is 5.79. The number of carbonyl (C=O) groups excluding carboxylic acids is 1. The van der Waals surface area contributed by atoms with Crippen LogP contribution in [0.2, 0.25) is 0 Å². The lowest BCUT2D eigenvalue weighted by atomic mass is 9.92. The van der Waals surface area contributed by atoms with E-state index in [4.69, 9.17) is 4.74 Å². The molecular formula is C15H20FNO2. The van der Waals surface area contributed by atoms with E-state index in [0.29, 0.717) is 13.2 Å². The van der Waals surface area contributed by atoms with E-state index in [1.165, 1.54) is 12.1 Å². The van der Waals surface area contributed by atoms with Crippen LogP contribution < -0.4 is 5.32 Å². The van der Waals surface area contributed by atoms with E-state index in [1.807, 2.05) is 13.8 Å². The van der Waals surface area contributed by atoms with Gasteiger partial charge in [-0.15, -0.1) is 0 Å². The summed E-state index contributed by atoms with van der Waals surface area (Å²) in [6.45, 7) is 5.15. The Morgan fingerprint density at radius 3 is 2.42 bits per heavy atom. The molecule has 1 amide bonds. The lowest BCUT2D eigenvalue weighted by Gasteiger charge is -2.30. The van der Waals surface area contributed by atoms with Crippen molar-refractivity contribution < 1.29 is 13.9 Å². The van der Waals surface area contributed by atoms with E-state index in [-0.39, 0.29) is 17.6 Å². The smallest absolute Gasteiger partial charge is 0.223 e. The molecule has 0 saturated carbocycles. The minimum Gasteiger partial charge on any atom is -0.381 e. The SMILES string of the molecule is CC(C)(NC(=O)C1CCOCC1)c1ccc(F)cc1. The number of amides is 1. The standard InChI is InChI=1S/C15H20FNO2/c1-15(2,12-3-5-13(16)6-4-12)17-14(18)11-7-9-19-10-8-11/h3-6,11H,7-10H2,1-2H3,(H,17,18). The molecule has 0 radical (unpaired) electrons. The third-order valence-corrected chi connectivity index (χ3v) is 3.59. The van der Waals surface area contributed by atoms with Gasteiger partial charge in [-0.2, -0.15) is 0 Å². The van der Waals surface area contributed by atoms with Crippen molar-refractivity contribution in [3.8, 4) is 0 Å². The lowest BCUT2D eigenvalue weighted by Crippen LogP contribution is -2.45. The Labute approximate surface area is 113 Å². The summed E-state index contributed by atoms with van der Waals surface area (Å²) in [7, 11) is 0. The van der Waals surface area contributed by atoms with E-state index in [9.17, 15) is 9.18 Å². The second kappa shape index (κ2) is 5.70. The van der Waals surface area contributed by atoms with Crippen LogP contribution in [0.5, 0.6) is 0 Å². The number of hydrogen-bond acceptors (Lipinski definition) is 2. The predicted octanol–water partition coefficient (Wildman–Crippen LogP) is 2.60. The topological polar surface area (TPSA) is 38.3 Å². The second-order valence-electron chi connectivity index (χ2n) is 5.51. The molecule has 1 aliphatic rings. The van der Waals surface area contributed by atoms with Crippen LogP contribution in [0.4, 0.5) is 4.39 Å². The highest BCUT2D eigenvalue weighted by Gasteiger charge is 2.28. The minimum atomic E-state index is -0.497. The molecule has 0 spiro atoms. The van der Waals surface area contributed by atoms with Gasteiger partial charge in [0.1, 0.15) is 5.82 Å². The fraction of sp³-hybridized carbons (Fsp3) is 0.533. The molecule has 1 N–H and O–H groups in total. The molecule has 0 aliphatic carbocycles. The van der Waals surface area contributed by atoms with Gasteiger partial charge < -0.3 is 10.1 Å². The lowest BCUT2D eigenvalue weighted by molar-refractivity contribution is -0.129. The van der Waals surface area contributed by atoms with Crippen molar-refractivity contribution in [1.82, 2.24) is 5.32 Å². The molecule has 0 aromatic heterocycles. The fourth-order valence-corrected chi connectivity index (χ4v) is 2.31. The molecule has 1 fully saturated rings. The van der Waals surface area contributed by atoms with Crippen LogP contribution in [0.15, 0.2) is 24.3 Å². The summed E-state index contributed by atoms with van der Waals surface area (Å²) in [4.78, 5) is 12.2. The average Bonchev–Trinajstić information content (AvgIpc) is 2.40. The Morgan fingerprint density at radius 2 is 1.84 bits per heavy atom. The highest BCUT2D eigenvalue weighted by atomic mass is 19.1. The minimum absolute atomic E-state index is 0.0217. The number of rotatable bonds is 3. The number of benzene rings is 1. The third-order valence-electron chi connectivity index (χ3n) is 3.59. The van der Waals surface area contributed by atoms with Crippen LogP contribution in [0, 0.1) is 11.7 Å². The molecule has 4 heteroatoms. The van der Waals surface area contributed by atoms with Crippen molar-refractivity contribution in [3.63, 3.8) is 0 Å². The Balaban J connectivity index is 2.03. The van der Waals surface area contributed by atoms with Gasteiger partial charge in [-0.25, -0.2) is 4.39 Å². The van der Waals surface area contributed by atoms with Gasteiger partial charge in [0.2, 0.25) is 5.91 Å². The molecule has 19 heavy (non-hydrogen) atoms. The molecule has 2 rings (SSSR count). The Kier molecular flexibility index (Phi) is 4.20. The highest BCUT2D eigenvalue weighted by Crippen LogP contribution is 2.23. The zero-order valence-electron chi connectivity index (χ0n) is 11.4. The van der Waals surface area contributed by atoms with Gasteiger partial charge in [-0.1, -0.05) is 12.1 Å². The molecule has 0 atom stereocenters. The van der Waals surface area contributed by atoms with Gasteiger partial charge in [0.05, 0.1) is 5.54 Å². The number of nitrogens with one attached hydrogen (secondary N) is 1. The van der Waals surface area contributed by atoms with Gasteiger partial charge in [-0.05, 0) is 44.4 Å². The van der Waals surface area contributed by atoms with Crippen molar-refractivity contribution in [3.05, 3.63) is 35.6 Å². The largest absolute Gasteiger partial charge is 0.381 e. The fourth-order valence-electron chi connectivity index (χ4n) is 2.31. The maximum atomic E-state index is 12.9. The van der Waals surface area contributed by atoms with Gasteiger partial charge in [0.25, 0.3) is 0 Å². The molecule has 1 saturated heterocycles. The van der Waals surface area contributed by atoms with E-state index in [1.54, 1.807) is 12.1 Å². The number of carbonyl (C=O) groups is 1. The van der Waals surface area contributed by atoms with Gasteiger partial charge in [0, 0.05) is 19.1 Å². The number of ether oxygens (including phenoxy) is 1. The van der Waals surface area contributed by atoms with E-state index < -0.39 is 5.54 Å². The first kappa shape index (κ1) is 14.0. The third kappa shape index (κ3) is 3.53. The Bertz CT molecular complexity index is 436. The first-order valence-corrected chi connectivity index (χ1v) is 6.65. The van der Waals surface area contributed by atoms with Crippen LogP contribution in [-0.2, 0) is 15.1 Å². The number of hydrogen-bond donors (Lipinski definition) is 1. The molecule has 0 unspecified atom stereocenters. The molecule has 0 bridgehead atoms. The first-order valence-electron chi connectivity index (χ1n) is 6.65. The summed E-state index contributed by atoms with van der Waals surface area (Å²) in [5.41, 5.74) is 0.401. The Morgan fingerprint density at radius 1 is 1.26 bits per heavy atom. The van der Waals surface area contributed by atoms with Gasteiger partial charge in [0.15, 0.2) is 0 Å². The zero-order chi connectivity index (χ0) is 13.9. The van der Waals surface area contributed by atoms with Crippen LogP contribution >= 0.6 is 0 Å². The summed E-state index contributed by atoms with van der Waals surface area (Å²) >= 11 is 0. The summed E-state index contributed by atoms with van der Waals surface area (Å²) in [6.07, 6.45) is 1.54. The molecule has 1 heterocycles. The predicted molar refractivity (Wildman–Crippen MR) is 71.1 cm³/mol. The van der Waals surface area contributed by atoms with Crippen LogP contribution in [0.3, 0.4) is 0 Å². The van der Waals surface area contributed by atoms with E-state index >= 15 is 0 Å². The summed E-state index contributed by atoms with van der Waals surface area (Å²) in [5, 5.41) is 3.04. The van der Waals surface area contributed by atoms with E-state index in [0.717, 1.165) is 18.4 Å². The molecule has 1 aromatic rings. The van der Waals surface area contributed by atoms with Crippen molar-refractivity contribution in [2.45, 2.75) is 32.2 Å². The summed E-state index contributed by atoms with van der Waals surface area (Å²) in [5.74, 6) is -0.193. The van der Waals surface area contributed by atoms with Gasteiger partial charge >= 0.3 is 0 Å². The van der Waals surface area contributed by atoms with Crippen molar-refractivity contribution >= 4 is 5.91 Å². The molecule has 104 valence electrons. The Hall–Kier alpha value is -1.42. The quantitative estimate of drug-likeness (QED) is 0.912. The molecule has 1 aliphatic heterocycles. The molecule has 1 aromatic carbocycles. The molecular weight excluding hydrogens is 245 g/mol. The van der Waals surface area contributed by atoms with Crippen molar-refractivity contribution in [2.24, 2.45) is 5.92 Å². The van der Waals surface area contributed by atoms with Crippen LogP contribution in [-0.4, -0.2) is 19.1 Å². The molecule has 3 nitrogen and oxygen atoms in total. The number of halogens is 1. The average molecular weight is 265 g/mol. The van der Waals surface area contributed by atoms with E-state index in [2.05, 4.69) is 5.32 Å². The van der Waals surface area contributed by atoms with Crippen molar-refractivity contribution in [1.29, 1.82) is 0 Å². The monoisotopic (exact) mass is 265 g/mol. The normalized spacial score (nSPS) is 17.2. The van der Waals surface area contributed by atoms with Crippen LogP contribution in [0.25, 0.3) is 0 Å².